The zero-order valence-corrected chi connectivity index (χ0v) is 47.0. The lowest BCUT2D eigenvalue weighted by atomic mass is 9.65. The highest BCUT2D eigenvalue weighted by Gasteiger charge is 2.51. The van der Waals surface area contributed by atoms with E-state index in [1.54, 1.807) is 0 Å². The lowest BCUT2D eigenvalue weighted by Crippen LogP contribution is -2.33. The third kappa shape index (κ3) is 6.50. The summed E-state index contributed by atoms with van der Waals surface area (Å²) in [6.07, 6.45) is 0. The molecule has 0 bridgehead atoms. The molecule has 2 aromatic heterocycles. The highest BCUT2D eigenvalue weighted by Crippen LogP contribution is 2.63. The number of aryl methyl sites for hydroxylation is 2. The lowest BCUT2D eigenvalue weighted by molar-refractivity contribution is 0.670. The van der Waals surface area contributed by atoms with Crippen molar-refractivity contribution in [1.29, 1.82) is 0 Å². The Bertz CT molecular complexity index is 5170. The van der Waals surface area contributed by atoms with Gasteiger partial charge in [-0.2, -0.15) is 0 Å². The molecule has 0 atom stereocenters. The van der Waals surface area contributed by atoms with Gasteiger partial charge >= 0.3 is 0 Å². The van der Waals surface area contributed by atoms with Crippen molar-refractivity contribution in [3.05, 3.63) is 347 Å². The molecular weight excluding hydrogens is 1030 g/mol. The quantitative estimate of drug-likeness (QED) is 0.159. The minimum Gasteiger partial charge on any atom is -0.455 e. The van der Waals surface area contributed by atoms with Crippen LogP contribution in [0.4, 0.5) is 17.1 Å². The van der Waals surface area contributed by atoms with E-state index in [0.29, 0.717) is 0 Å². The monoisotopic (exact) mass is 1080 g/mol. The second kappa shape index (κ2) is 17.9. The molecule has 0 saturated heterocycles. The predicted molar refractivity (Wildman–Crippen MR) is 351 cm³/mol. The summed E-state index contributed by atoms with van der Waals surface area (Å²) >= 11 is 0. The van der Waals surface area contributed by atoms with E-state index in [-0.39, 0.29) is 0 Å². The van der Waals surface area contributed by atoms with E-state index in [0.717, 1.165) is 55.7 Å². The summed E-state index contributed by atoms with van der Waals surface area (Å²) in [5.41, 5.74) is 30.1. The Balaban J connectivity index is 0.843. The minimum absolute atomic E-state index is 0.556. The smallest absolute Gasteiger partial charge is 0.143 e. The summed E-state index contributed by atoms with van der Waals surface area (Å²) in [5, 5.41) is 4.85. The molecule has 0 amide bonds. The average molecular weight is 1080 g/mol. The van der Waals surface area contributed by atoms with Crippen LogP contribution in [-0.2, 0) is 10.8 Å². The van der Waals surface area contributed by atoms with E-state index in [1.165, 1.54) is 111 Å². The van der Waals surface area contributed by atoms with E-state index in [9.17, 15) is 0 Å². The van der Waals surface area contributed by atoms with Crippen LogP contribution in [0.3, 0.4) is 0 Å². The fraction of sp³-hybridized carbons (Fsp3) is 0.0488. The number of hydrogen-bond acceptors (Lipinski definition) is 2. The number of anilines is 3. The molecule has 0 N–H and O–H groups in total. The van der Waals surface area contributed by atoms with Crippen LogP contribution in [0.5, 0.6) is 0 Å². The number of rotatable bonds is 7. The van der Waals surface area contributed by atoms with E-state index in [1.807, 2.05) is 6.07 Å². The van der Waals surface area contributed by atoms with Crippen LogP contribution < -0.4 is 4.90 Å². The largest absolute Gasteiger partial charge is 0.455 e. The standard InChI is InChI=1S/C82H54N2O/c1-51-35-45-74-66(47-51)67-48-52(2)49-73-79(67)84(74)75-46-40-55(50-72(75)82(73)68-29-13-9-23-61(68)62-24-10-14-30-69(62)82)53-36-41-58(42-37-53)83(59-43-38-54(39-44-59)60-27-17-28-64-63-25-12-16-34-77(63)85-80(60)64)76-33-18-32-71-78(76)65-26-11-15-31-70(65)81(71,56-19-5-3-6-20-56)57-21-7-4-8-22-57/h3-50H,1-2H3. The van der Waals surface area contributed by atoms with Gasteiger partial charge in [-0.3, -0.25) is 0 Å². The molecule has 0 fully saturated rings. The second-order valence-corrected chi connectivity index (χ2v) is 23.6. The maximum absolute atomic E-state index is 6.61. The van der Waals surface area contributed by atoms with Crippen molar-refractivity contribution in [3.8, 4) is 50.2 Å². The Labute approximate surface area is 493 Å². The van der Waals surface area contributed by atoms with Crippen molar-refractivity contribution < 1.29 is 4.42 Å². The summed E-state index contributed by atoms with van der Waals surface area (Å²) in [4.78, 5) is 2.48. The van der Waals surface area contributed by atoms with Gasteiger partial charge in [0.1, 0.15) is 11.2 Å². The van der Waals surface area contributed by atoms with Crippen LogP contribution in [-0.4, -0.2) is 4.57 Å². The van der Waals surface area contributed by atoms with Crippen molar-refractivity contribution >= 4 is 60.8 Å². The molecule has 3 heterocycles. The number of furan rings is 1. The number of nitrogens with zero attached hydrogens (tertiary/aromatic N) is 2. The van der Waals surface area contributed by atoms with Gasteiger partial charge in [-0.05, 0) is 158 Å². The summed E-state index contributed by atoms with van der Waals surface area (Å²) < 4.78 is 9.17. The molecule has 18 rings (SSSR count). The summed E-state index contributed by atoms with van der Waals surface area (Å²) in [5.74, 6) is 0. The minimum atomic E-state index is -0.559. The Morgan fingerprint density at radius 2 is 0.894 bits per heavy atom. The number of aromatic nitrogens is 1. The van der Waals surface area contributed by atoms with Crippen LogP contribution in [0.25, 0.3) is 93.9 Å². The van der Waals surface area contributed by atoms with Crippen molar-refractivity contribution in [2.45, 2.75) is 24.7 Å². The van der Waals surface area contributed by atoms with Crippen molar-refractivity contribution in [2.24, 2.45) is 0 Å². The first-order valence-corrected chi connectivity index (χ1v) is 29.6. The van der Waals surface area contributed by atoms with Gasteiger partial charge < -0.3 is 13.9 Å². The number of para-hydroxylation sites is 2. The SMILES string of the molecule is Cc1ccc2c(c1)c1cc(C)cc3c1n2-c1ccc(-c2ccc(N(c4ccc(-c5cccc6c5oc5ccccc56)cc4)c4cccc5c4-c4ccccc4C5(c4ccccc4)c4ccccc4)cc2)cc1C31c2ccccc2-c2ccccc21. The zero-order chi connectivity index (χ0) is 56.1. The normalized spacial score (nSPS) is 13.7. The summed E-state index contributed by atoms with van der Waals surface area (Å²) in [6.45, 7) is 4.48. The van der Waals surface area contributed by atoms with Gasteiger partial charge in [0.15, 0.2) is 0 Å². The van der Waals surface area contributed by atoms with Gasteiger partial charge in [-0.25, -0.2) is 0 Å². The second-order valence-electron chi connectivity index (χ2n) is 23.6. The number of fused-ring (bicyclic) bond motifs is 18. The Morgan fingerprint density at radius 1 is 0.341 bits per heavy atom. The molecule has 1 aliphatic heterocycles. The van der Waals surface area contributed by atoms with Crippen LogP contribution in [0.15, 0.2) is 296 Å². The van der Waals surface area contributed by atoms with Gasteiger partial charge in [0.25, 0.3) is 0 Å². The van der Waals surface area contributed by atoms with E-state index in [4.69, 9.17) is 4.42 Å². The zero-order valence-electron chi connectivity index (χ0n) is 47.0. The average Bonchev–Trinajstić information content (AvgIpc) is 1.57. The highest BCUT2D eigenvalue weighted by molar-refractivity contribution is 6.14. The molecule has 2 aliphatic carbocycles. The molecule has 0 radical (unpaired) electrons. The Kier molecular flexibility index (Phi) is 10.1. The van der Waals surface area contributed by atoms with Crippen LogP contribution in [0.1, 0.15) is 55.6 Å². The third-order valence-corrected chi connectivity index (χ3v) is 19.2. The molecule has 15 aromatic rings. The molecular formula is C82H54N2O. The summed E-state index contributed by atoms with van der Waals surface area (Å²) in [7, 11) is 0. The van der Waals surface area contributed by atoms with Gasteiger partial charge in [-0.1, -0.05) is 236 Å². The molecule has 0 saturated carbocycles. The molecule has 1 spiro atoms. The highest BCUT2D eigenvalue weighted by atomic mass is 16.3. The number of hydrogen-bond donors (Lipinski definition) is 0. The van der Waals surface area contributed by atoms with Gasteiger partial charge in [0.2, 0.25) is 0 Å². The van der Waals surface area contributed by atoms with Crippen LogP contribution >= 0.6 is 0 Å². The van der Waals surface area contributed by atoms with E-state index in [2.05, 4.69) is 308 Å². The maximum Gasteiger partial charge on any atom is 0.143 e. The molecule has 3 aliphatic rings. The molecule has 3 nitrogen and oxygen atoms in total. The predicted octanol–water partition coefficient (Wildman–Crippen LogP) is 21.1. The first-order chi connectivity index (χ1) is 42.0. The Hall–Kier alpha value is -10.7. The fourth-order valence-electron chi connectivity index (χ4n) is 15.8. The maximum atomic E-state index is 6.61. The molecule has 0 unspecified atom stereocenters. The van der Waals surface area contributed by atoms with Crippen LogP contribution in [0.2, 0.25) is 0 Å². The first kappa shape index (κ1) is 47.9. The van der Waals surface area contributed by atoms with Crippen LogP contribution in [0, 0.1) is 13.8 Å². The fourth-order valence-corrected chi connectivity index (χ4v) is 15.8. The summed E-state index contributed by atoms with van der Waals surface area (Å²) in [6, 6.07) is 109. The molecule has 3 heteroatoms. The first-order valence-electron chi connectivity index (χ1n) is 29.6. The van der Waals surface area contributed by atoms with Gasteiger partial charge in [0, 0.05) is 44.0 Å². The lowest BCUT2D eigenvalue weighted by Gasteiger charge is -2.40. The van der Waals surface area contributed by atoms with Crippen molar-refractivity contribution in [2.75, 3.05) is 4.90 Å². The third-order valence-electron chi connectivity index (χ3n) is 19.2. The topological polar surface area (TPSA) is 21.3 Å². The van der Waals surface area contributed by atoms with Gasteiger partial charge in [-0.15, -0.1) is 0 Å². The van der Waals surface area contributed by atoms with E-state index < -0.39 is 10.8 Å². The van der Waals surface area contributed by atoms with Gasteiger partial charge in [0.05, 0.1) is 33.2 Å². The van der Waals surface area contributed by atoms with Crippen molar-refractivity contribution in [1.82, 2.24) is 4.57 Å². The van der Waals surface area contributed by atoms with Crippen molar-refractivity contribution in [3.63, 3.8) is 0 Å². The molecule has 13 aromatic carbocycles. The molecule has 85 heavy (non-hydrogen) atoms. The number of benzene rings is 13. The molecule has 398 valence electrons. The van der Waals surface area contributed by atoms with E-state index >= 15 is 0 Å². The Morgan fingerprint density at radius 3 is 1.60 bits per heavy atom.